The fraction of sp³-hybridized carbons (Fsp3) is 0.440. The number of tetrazole rings is 1. The van der Waals surface area contributed by atoms with Crippen molar-refractivity contribution >= 4 is 17.8 Å². The van der Waals surface area contributed by atoms with Gasteiger partial charge in [0.2, 0.25) is 0 Å². The van der Waals surface area contributed by atoms with Crippen LogP contribution in [0.15, 0.2) is 55.4 Å². The Morgan fingerprint density at radius 3 is 2.88 bits per heavy atom. The minimum atomic E-state index is -0.253. The van der Waals surface area contributed by atoms with Crippen molar-refractivity contribution in [1.29, 1.82) is 0 Å². The first kappa shape index (κ1) is 24.5. The van der Waals surface area contributed by atoms with Crippen LogP contribution in [-0.2, 0) is 17.9 Å². The first-order valence-corrected chi connectivity index (χ1v) is 12.9. The van der Waals surface area contributed by atoms with E-state index in [1.54, 1.807) is 24.0 Å². The van der Waals surface area contributed by atoms with Gasteiger partial charge in [-0.25, -0.2) is 4.68 Å². The summed E-state index contributed by atoms with van der Waals surface area (Å²) in [5.74, 6) is 1.65. The maximum Gasteiger partial charge on any atom is 0.172 e. The Morgan fingerprint density at radius 2 is 2.15 bits per heavy atom. The van der Waals surface area contributed by atoms with Crippen LogP contribution in [0.5, 0.6) is 0 Å². The van der Waals surface area contributed by atoms with Gasteiger partial charge in [0.1, 0.15) is 0 Å². The number of hydrogen-bond donors (Lipinski definition) is 2. The Morgan fingerprint density at radius 1 is 1.32 bits per heavy atom. The third-order valence-corrected chi connectivity index (χ3v) is 6.93. The molecule has 1 aliphatic carbocycles. The number of nitrogens with zero attached hydrogens (tertiary/aromatic N) is 5. The second-order valence-electron chi connectivity index (χ2n) is 8.81. The standard InChI is InChI=1S/C25H32N6O2S/c1-3-19-11-21(15-26-14-19)23(24-28-29-30-31(24)9-10-34-2)27-17-25(18-32)12-22(13-25)33-16-20-7-5-4-6-8-20/h3-8,11,14-15,22-23,27,32H,1,9-10,12-13,16-18H2,2H3. The van der Waals surface area contributed by atoms with E-state index >= 15 is 0 Å². The molecule has 0 saturated heterocycles. The van der Waals surface area contributed by atoms with Gasteiger partial charge in [-0.05, 0) is 52.3 Å². The number of nitrogens with one attached hydrogen (secondary N) is 1. The highest BCUT2D eigenvalue weighted by atomic mass is 32.2. The quantitative estimate of drug-likeness (QED) is 0.385. The molecule has 0 radical (unpaired) electrons. The number of ether oxygens (including phenoxy) is 1. The summed E-state index contributed by atoms with van der Waals surface area (Å²) in [7, 11) is 0. The van der Waals surface area contributed by atoms with Gasteiger partial charge in [-0.2, -0.15) is 11.8 Å². The van der Waals surface area contributed by atoms with Gasteiger partial charge >= 0.3 is 0 Å². The van der Waals surface area contributed by atoms with E-state index < -0.39 is 0 Å². The second kappa shape index (κ2) is 11.7. The zero-order valence-electron chi connectivity index (χ0n) is 19.5. The highest BCUT2D eigenvalue weighted by molar-refractivity contribution is 7.98. The van der Waals surface area contributed by atoms with Gasteiger partial charge in [0.05, 0.1) is 31.9 Å². The molecule has 0 amide bonds. The summed E-state index contributed by atoms with van der Waals surface area (Å²) < 4.78 is 7.92. The van der Waals surface area contributed by atoms with Crippen LogP contribution in [0.1, 0.15) is 41.4 Å². The van der Waals surface area contributed by atoms with Crippen molar-refractivity contribution in [2.75, 3.05) is 25.2 Å². The van der Waals surface area contributed by atoms with E-state index in [1.165, 1.54) is 0 Å². The molecule has 34 heavy (non-hydrogen) atoms. The summed E-state index contributed by atoms with van der Waals surface area (Å²) in [4.78, 5) is 4.38. The van der Waals surface area contributed by atoms with E-state index in [0.29, 0.717) is 13.2 Å². The molecule has 2 aromatic heterocycles. The lowest BCUT2D eigenvalue weighted by molar-refractivity contribution is -0.107. The van der Waals surface area contributed by atoms with Crippen LogP contribution in [0, 0.1) is 5.41 Å². The number of aliphatic hydroxyl groups is 1. The van der Waals surface area contributed by atoms with Gasteiger partial charge in [-0.15, -0.1) is 5.10 Å². The molecule has 1 aliphatic rings. The van der Waals surface area contributed by atoms with Crippen LogP contribution in [0.2, 0.25) is 0 Å². The van der Waals surface area contributed by atoms with E-state index in [9.17, 15) is 5.11 Å². The Bertz CT molecular complexity index is 1050. The highest BCUT2D eigenvalue weighted by Crippen LogP contribution is 2.43. The molecular formula is C25H32N6O2S. The number of hydrogen-bond acceptors (Lipinski definition) is 8. The topological polar surface area (TPSA) is 98.0 Å². The molecule has 2 N–H and O–H groups in total. The van der Waals surface area contributed by atoms with E-state index in [0.717, 1.165) is 47.7 Å². The lowest BCUT2D eigenvalue weighted by Gasteiger charge is -2.47. The number of aryl methyl sites for hydroxylation is 1. The molecular weight excluding hydrogens is 448 g/mol. The average molecular weight is 481 g/mol. The SMILES string of the molecule is C=Cc1cncc(C(NCC2(CO)CC(OCc3ccccc3)C2)c2nnnn2CCSC)c1. The third kappa shape index (κ3) is 5.90. The molecule has 2 heterocycles. The van der Waals surface area contributed by atoms with E-state index in [1.807, 2.05) is 35.1 Å². The summed E-state index contributed by atoms with van der Waals surface area (Å²) >= 11 is 1.75. The van der Waals surface area contributed by atoms with E-state index in [2.05, 4.69) is 50.8 Å². The normalized spacial score (nSPS) is 20.6. The first-order chi connectivity index (χ1) is 16.7. The smallest absolute Gasteiger partial charge is 0.172 e. The van der Waals surface area contributed by atoms with Crippen LogP contribution in [-0.4, -0.2) is 61.6 Å². The second-order valence-corrected chi connectivity index (χ2v) is 9.79. The van der Waals surface area contributed by atoms with Crippen molar-refractivity contribution in [2.24, 2.45) is 5.41 Å². The van der Waals surface area contributed by atoms with Crippen molar-refractivity contribution < 1.29 is 9.84 Å². The number of aromatic nitrogens is 5. The van der Waals surface area contributed by atoms with Gasteiger partial charge in [0, 0.05) is 30.1 Å². The zero-order chi connectivity index (χ0) is 23.8. The monoisotopic (exact) mass is 480 g/mol. The molecule has 4 rings (SSSR count). The number of benzene rings is 1. The lowest BCUT2D eigenvalue weighted by atomic mass is 9.67. The predicted molar refractivity (Wildman–Crippen MR) is 134 cm³/mol. The molecule has 1 fully saturated rings. The molecule has 1 aromatic carbocycles. The van der Waals surface area contributed by atoms with Crippen LogP contribution < -0.4 is 5.32 Å². The Hall–Kier alpha value is -2.59. The molecule has 0 spiro atoms. The molecule has 1 unspecified atom stereocenters. The van der Waals surface area contributed by atoms with Crippen LogP contribution in [0.25, 0.3) is 6.08 Å². The van der Waals surface area contributed by atoms with Gasteiger partial charge in [-0.3, -0.25) is 4.98 Å². The van der Waals surface area contributed by atoms with Gasteiger partial charge in [0.15, 0.2) is 5.82 Å². The molecule has 0 aliphatic heterocycles. The Labute approximate surface area is 204 Å². The molecule has 9 heteroatoms. The molecule has 3 aromatic rings. The molecule has 8 nitrogen and oxygen atoms in total. The minimum Gasteiger partial charge on any atom is -0.396 e. The Kier molecular flexibility index (Phi) is 8.44. The number of thioether (sulfide) groups is 1. The summed E-state index contributed by atoms with van der Waals surface area (Å²) in [6.45, 7) is 5.89. The third-order valence-electron chi connectivity index (χ3n) is 6.34. The number of rotatable bonds is 13. The molecule has 1 atom stereocenters. The number of aliphatic hydroxyl groups excluding tert-OH is 1. The molecule has 1 saturated carbocycles. The first-order valence-electron chi connectivity index (χ1n) is 11.5. The fourth-order valence-electron chi connectivity index (χ4n) is 4.32. The summed E-state index contributed by atoms with van der Waals surface area (Å²) in [6, 6.07) is 12.0. The molecule has 180 valence electrons. The van der Waals surface area contributed by atoms with Crippen LogP contribution in [0.3, 0.4) is 0 Å². The van der Waals surface area contributed by atoms with Gasteiger partial charge < -0.3 is 15.2 Å². The largest absolute Gasteiger partial charge is 0.396 e. The van der Waals surface area contributed by atoms with Crippen molar-refractivity contribution in [3.8, 4) is 0 Å². The summed E-state index contributed by atoms with van der Waals surface area (Å²) in [5.41, 5.74) is 2.82. The maximum atomic E-state index is 10.2. The minimum absolute atomic E-state index is 0.0975. The summed E-state index contributed by atoms with van der Waals surface area (Å²) in [6.07, 6.45) is 9.20. The van der Waals surface area contributed by atoms with Crippen molar-refractivity contribution in [1.82, 2.24) is 30.5 Å². The van der Waals surface area contributed by atoms with Gasteiger partial charge in [0.25, 0.3) is 0 Å². The van der Waals surface area contributed by atoms with Crippen molar-refractivity contribution in [3.63, 3.8) is 0 Å². The van der Waals surface area contributed by atoms with Crippen LogP contribution in [0.4, 0.5) is 0 Å². The van der Waals surface area contributed by atoms with Gasteiger partial charge in [-0.1, -0.05) is 43.0 Å². The zero-order valence-corrected chi connectivity index (χ0v) is 20.3. The number of pyridine rings is 1. The molecule has 0 bridgehead atoms. The maximum absolute atomic E-state index is 10.2. The van der Waals surface area contributed by atoms with Crippen molar-refractivity contribution in [2.45, 2.75) is 38.1 Å². The fourth-order valence-corrected chi connectivity index (χ4v) is 4.68. The summed E-state index contributed by atoms with van der Waals surface area (Å²) in [5, 5.41) is 26.3. The predicted octanol–water partition coefficient (Wildman–Crippen LogP) is 3.11. The lowest BCUT2D eigenvalue weighted by Crippen LogP contribution is -2.51. The van der Waals surface area contributed by atoms with Crippen molar-refractivity contribution in [3.05, 3.63) is 77.9 Å². The average Bonchev–Trinajstić information content (AvgIpc) is 3.32. The van der Waals surface area contributed by atoms with E-state index in [4.69, 9.17) is 4.74 Å². The van der Waals surface area contributed by atoms with Crippen LogP contribution >= 0.6 is 11.8 Å². The highest BCUT2D eigenvalue weighted by Gasteiger charge is 2.45. The van der Waals surface area contributed by atoms with E-state index in [-0.39, 0.29) is 24.2 Å². The Balaban J connectivity index is 1.45.